The molecule has 0 spiro atoms. The van der Waals surface area contributed by atoms with Crippen LogP contribution in [0.15, 0.2) is 48.0 Å². The Kier molecular flexibility index (Phi) is 5.02. The van der Waals surface area contributed by atoms with E-state index in [4.69, 9.17) is 0 Å². The minimum atomic E-state index is 0. The number of rotatable bonds is 5. The number of hydrogen-bond acceptors (Lipinski definition) is 2. The normalized spacial score (nSPS) is 10.5. The Labute approximate surface area is 123 Å². The van der Waals surface area contributed by atoms with Crippen LogP contribution in [0, 0.1) is 0 Å². The third-order valence-corrected chi connectivity index (χ3v) is 4.00. The second-order valence-electron chi connectivity index (χ2n) is 4.37. The van der Waals surface area contributed by atoms with Crippen LogP contribution >= 0.6 is 23.7 Å². The summed E-state index contributed by atoms with van der Waals surface area (Å²) < 4.78 is 0. The molecule has 0 bridgehead atoms. The van der Waals surface area contributed by atoms with Gasteiger partial charge in [0.05, 0.1) is 0 Å². The number of fused-ring (bicyclic) bond motifs is 1. The molecule has 2 aromatic heterocycles. The van der Waals surface area contributed by atoms with Gasteiger partial charge < -0.3 is 10.3 Å². The molecule has 0 saturated heterocycles. The summed E-state index contributed by atoms with van der Waals surface area (Å²) in [6.07, 6.45) is 3.19. The van der Waals surface area contributed by atoms with Gasteiger partial charge in [0.2, 0.25) is 0 Å². The number of benzene rings is 1. The molecule has 19 heavy (non-hydrogen) atoms. The Morgan fingerprint density at radius 1 is 1.11 bits per heavy atom. The average Bonchev–Trinajstić information content (AvgIpc) is 3.04. The maximum Gasteiger partial charge on any atom is 0.0456 e. The first kappa shape index (κ1) is 14.1. The van der Waals surface area contributed by atoms with E-state index in [1.54, 1.807) is 11.3 Å². The van der Waals surface area contributed by atoms with Gasteiger partial charge in [0.15, 0.2) is 0 Å². The lowest BCUT2D eigenvalue weighted by Crippen LogP contribution is -2.15. The van der Waals surface area contributed by atoms with Crippen LogP contribution in [0.4, 0.5) is 0 Å². The molecule has 2 heterocycles. The van der Waals surface area contributed by atoms with Crippen LogP contribution in [0.3, 0.4) is 0 Å². The van der Waals surface area contributed by atoms with Crippen molar-refractivity contribution in [2.75, 3.05) is 6.54 Å². The molecule has 2 N–H and O–H groups in total. The van der Waals surface area contributed by atoms with Gasteiger partial charge in [-0.15, -0.1) is 23.7 Å². The number of hydrogen-bond donors (Lipinski definition) is 2. The molecule has 0 atom stereocenters. The molecule has 0 radical (unpaired) electrons. The van der Waals surface area contributed by atoms with Crippen molar-refractivity contribution in [3.05, 3.63) is 58.4 Å². The molecule has 0 amide bonds. The van der Waals surface area contributed by atoms with Crippen LogP contribution in [0.2, 0.25) is 0 Å². The average molecular weight is 293 g/mol. The predicted molar refractivity (Wildman–Crippen MR) is 85.3 cm³/mol. The van der Waals surface area contributed by atoms with Crippen LogP contribution in [-0.2, 0) is 13.0 Å². The second-order valence-corrected chi connectivity index (χ2v) is 5.40. The molecule has 3 aromatic rings. The monoisotopic (exact) mass is 292 g/mol. The van der Waals surface area contributed by atoms with Gasteiger partial charge in [-0.3, -0.25) is 0 Å². The number of aromatic amines is 1. The Bertz CT molecular complexity index is 616. The van der Waals surface area contributed by atoms with Gasteiger partial charge in [-0.2, -0.15) is 0 Å². The highest BCUT2D eigenvalue weighted by molar-refractivity contribution is 7.09. The minimum Gasteiger partial charge on any atom is -0.361 e. The number of halogens is 1. The smallest absolute Gasteiger partial charge is 0.0456 e. The number of aromatic nitrogens is 1. The summed E-state index contributed by atoms with van der Waals surface area (Å²) >= 11 is 1.80. The van der Waals surface area contributed by atoms with Gasteiger partial charge in [0.1, 0.15) is 0 Å². The Balaban J connectivity index is 0.00000133. The molecule has 0 aliphatic rings. The zero-order valence-electron chi connectivity index (χ0n) is 10.6. The van der Waals surface area contributed by atoms with Crippen LogP contribution < -0.4 is 5.32 Å². The summed E-state index contributed by atoms with van der Waals surface area (Å²) in [6.45, 7) is 1.99. The van der Waals surface area contributed by atoms with E-state index in [9.17, 15) is 0 Å². The van der Waals surface area contributed by atoms with E-state index in [0.29, 0.717) is 0 Å². The van der Waals surface area contributed by atoms with Crippen molar-refractivity contribution in [2.24, 2.45) is 0 Å². The Morgan fingerprint density at radius 3 is 2.84 bits per heavy atom. The van der Waals surface area contributed by atoms with E-state index < -0.39 is 0 Å². The molecule has 3 rings (SSSR count). The van der Waals surface area contributed by atoms with Crippen molar-refractivity contribution in [1.82, 2.24) is 10.3 Å². The topological polar surface area (TPSA) is 27.8 Å². The fourth-order valence-electron chi connectivity index (χ4n) is 2.19. The van der Waals surface area contributed by atoms with E-state index in [1.165, 1.54) is 21.3 Å². The van der Waals surface area contributed by atoms with Crippen molar-refractivity contribution in [3.8, 4) is 0 Å². The van der Waals surface area contributed by atoms with E-state index >= 15 is 0 Å². The molecular weight excluding hydrogens is 276 g/mol. The third-order valence-electron chi connectivity index (χ3n) is 3.13. The Hall–Kier alpha value is -1.29. The van der Waals surface area contributed by atoms with Crippen molar-refractivity contribution >= 4 is 34.6 Å². The lowest BCUT2D eigenvalue weighted by atomic mass is 10.1. The van der Waals surface area contributed by atoms with E-state index in [-0.39, 0.29) is 12.4 Å². The summed E-state index contributed by atoms with van der Waals surface area (Å²) in [5.41, 5.74) is 2.62. The SMILES string of the molecule is Cl.c1csc(CNCCc2c[nH]c3ccccc23)c1. The minimum absolute atomic E-state index is 0. The lowest BCUT2D eigenvalue weighted by molar-refractivity contribution is 0.695. The van der Waals surface area contributed by atoms with Gasteiger partial charge in [-0.05, 0) is 36.0 Å². The predicted octanol–water partition coefficient (Wildman–Crippen LogP) is 3.98. The highest BCUT2D eigenvalue weighted by atomic mass is 35.5. The van der Waals surface area contributed by atoms with Crippen LogP contribution in [0.25, 0.3) is 10.9 Å². The Morgan fingerprint density at radius 2 is 2.00 bits per heavy atom. The largest absolute Gasteiger partial charge is 0.361 e. The summed E-state index contributed by atoms with van der Waals surface area (Å²) in [6, 6.07) is 12.7. The molecule has 0 unspecified atom stereocenters. The first-order chi connectivity index (χ1) is 8.93. The van der Waals surface area contributed by atoms with Crippen molar-refractivity contribution in [2.45, 2.75) is 13.0 Å². The fourth-order valence-corrected chi connectivity index (χ4v) is 2.86. The molecule has 1 aromatic carbocycles. The summed E-state index contributed by atoms with van der Waals surface area (Å²) in [7, 11) is 0. The zero-order chi connectivity index (χ0) is 12.2. The molecular formula is C15H17ClN2S. The maximum absolute atomic E-state index is 3.49. The fraction of sp³-hybridized carbons (Fsp3) is 0.200. The number of nitrogens with one attached hydrogen (secondary N) is 2. The number of para-hydroxylation sites is 1. The first-order valence-corrected chi connectivity index (χ1v) is 7.09. The van der Waals surface area contributed by atoms with Gasteiger partial charge in [0, 0.05) is 28.5 Å². The lowest BCUT2D eigenvalue weighted by Gasteiger charge is -2.02. The summed E-state index contributed by atoms with van der Waals surface area (Å²) in [5.74, 6) is 0. The number of thiophene rings is 1. The second kappa shape index (κ2) is 6.75. The summed E-state index contributed by atoms with van der Waals surface area (Å²) in [4.78, 5) is 4.71. The van der Waals surface area contributed by atoms with Crippen LogP contribution in [-0.4, -0.2) is 11.5 Å². The summed E-state index contributed by atoms with van der Waals surface area (Å²) in [5, 5.41) is 6.95. The maximum atomic E-state index is 3.49. The number of H-pyrrole nitrogens is 1. The van der Waals surface area contributed by atoms with Crippen LogP contribution in [0.1, 0.15) is 10.4 Å². The zero-order valence-corrected chi connectivity index (χ0v) is 12.2. The molecule has 0 aliphatic heterocycles. The highest BCUT2D eigenvalue weighted by Gasteiger charge is 2.02. The highest BCUT2D eigenvalue weighted by Crippen LogP contribution is 2.17. The third kappa shape index (κ3) is 3.38. The van der Waals surface area contributed by atoms with Gasteiger partial charge in [0.25, 0.3) is 0 Å². The molecule has 100 valence electrons. The molecule has 0 fully saturated rings. The van der Waals surface area contributed by atoms with Gasteiger partial charge >= 0.3 is 0 Å². The van der Waals surface area contributed by atoms with E-state index in [2.05, 4.69) is 58.3 Å². The first-order valence-electron chi connectivity index (χ1n) is 6.21. The van der Waals surface area contributed by atoms with Crippen molar-refractivity contribution in [3.63, 3.8) is 0 Å². The van der Waals surface area contributed by atoms with Gasteiger partial charge in [-0.1, -0.05) is 24.3 Å². The van der Waals surface area contributed by atoms with Gasteiger partial charge in [-0.25, -0.2) is 0 Å². The van der Waals surface area contributed by atoms with E-state index in [0.717, 1.165) is 19.5 Å². The molecule has 0 aliphatic carbocycles. The quantitative estimate of drug-likeness (QED) is 0.684. The van der Waals surface area contributed by atoms with Crippen molar-refractivity contribution in [1.29, 1.82) is 0 Å². The van der Waals surface area contributed by atoms with Crippen molar-refractivity contribution < 1.29 is 0 Å². The van der Waals surface area contributed by atoms with E-state index in [1.807, 2.05) is 0 Å². The molecule has 0 saturated carbocycles. The molecule has 4 heteroatoms. The van der Waals surface area contributed by atoms with Crippen LogP contribution in [0.5, 0.6) is 0 Å². The molecule has 2 nitrogen and oxygen atoms in total. The standard InChI is InChI=1S/C15H16N2S.ClH/c1-2-6-15-14(5-1)12(10-17-15)7-8-16-11-13-4-3-9-18-13;/h1-6,9-10,16-17H,7-8,11H2;1H.